The number of aromatic nitrogens is 2. The van der Waals surface area contributed by atoms with Gasteiger partial charge in [-0.05, 0) is 12.1 Å². The van der Waals surface area contributed by atoms with Crippen molar-refractivity contribution in [2.24, 2.45) is 0 Å². The molecule has 0 atom stereocenters. The van der Waals surface area contributed by atoms with Gasteiger partial charge in [0.25, 0.3) is 0 Å². The minimum atomic E-state index is 0.250. The summed E-state index contributed by atoms with van der Waals surface area (Å²) in [5.74, 6) is 0.642. The fraction of sp³-hybridized carbons (Fsp3) is 0.308. The summed E-state index contributed by atoms with van der Waals surface area (Å²) in [7, 11) is 0. The Morgan fingerprint density at radius 3 is 2.21 bits per heavy atom. The quantitative estimate of drug-likeness (QED) is 0.916. The summed E-state index contributed by atoms with van der Waals surface area (Å²) < 4.78 is 5.30. The van der Waals surface area contributed by atoms with Gasteiger partial charge in [-0.1, -0.05) is 44.1 Å². The van der Waals surface area contributed by atoms with Crippen molar-refractivity contribution >= 4 is 17.9 Å². The van der Waals surface area contributed by atoms with Crippen molar-refractivity contribution in [2.75, 3.05) is 5.32 Å². The lowest BCUT2D eigenvalue weighted by Gasteiger charge is -1.98. The molecule has 6 heteroatoms. The van der Waals surface area contributed by atoms with Crippen LogP contribution in [0.25, 0.3) is 0 Å². The monoisotopic (exact) mass is 263 g/mol. The lowest BCUT2D eigenvalue weighted by Crippen LogP contribution is -1.88. The van der Waals surface area contributed by atoms with Gasteiger partial charge in [-0.3, -0.25) is 0 Å². The van der Waals surface area contributed by atoms with Gasteiger partial charge in [-0.25, -0.2) is 0 Å². The zero-order valence-electron chi connectivity index (χ0n) is 11.2. The Morgan fingerprint density at radius 1 is 1.16 bits per heavy atom. The van der Waals surface area contributed by atoms with E-state index in [0.29, 0.717) is 11.9 Å². The molecule has 0 fully saturated rings. The first kappa shape index (κ1) is 16.5. The summed E-state index contributed by atoms with van der Waals surface area (Å²) in [5, 5.41) is 10.7. The lowest BCUT2D eigenvalue weighted by molar-refractivity contribution is -0.191. The molecule has 1 aromatic carbocycles. The predicted molar refractivity (Wildman–Crippen MR) is 69.8 cm³/mol. The summed E-state index contributed by atoms with van der Waals surface area (Å²) in [6.45, 7) is 5.97. The van der Waals surface area contributed by atoms with E-state index < -0.39 is 0 Å². The zero-order chi connectivity index (χ0) is 14.5. The highest BCUT2D eigenvalue weighted by Crippen LogP contribution is 2.14. The van der Waals surface area contributed by atoms with Crippen molar-refractivity contribution in [3.63, 3.8) is 0 Å². The first-order chi connectivity index (χ1) is 9.30. The summed E-state index contributed by atoms with van der Waals surface area (Å²) >= 11 is 0. The van der Waals surface area contributed by atoms with Gasteiger partial charge < -0.3 is 9.73 Å². The molecule has 0 aliphatic carbocycles. The van der Waals surface area contributed by atoms with E-state index in [-0.39, 0.29) is 6.15 Å². The molecular formula is C13H17N3O3. The van der Waals surface area contributed by atoms with E-state index in [4.69, 9.17) is 14.0 Å². The Balaban J connectivity index is 0.000000573. The van der Waals surface area contributed by atoms with E-state index in [1.54, 1.807) is 0 Å². The number of aryl methyl sites for hydroxylation is 1. The van der Waals surface area contributed by atoms with E-state index >= 15 is 0 Å². The average molecular weight is 263 g/mol. The number of anilines is 2. The van der Waals surface area contributed by atoms with Crippen LogP contribution in [0.2, 0.25) is 0 Å². The Kier molecular flexibility index (Phi) is 9.30. The standard InChI is InChI=1S/C10H11N3O.C2H6.CO2/c1-2-9-12-13-10(14-9)11-8-6-4-3-5-7-8;1-2;2-1-3/h3-7H,2H2,1H3,(H,11,13);1-2H3;. The van der Waals surface area contributed by atoms with Crippen LogP contribution >= 0.6 is 0 Å². The van der Waals surface area contributed by atoms with E-state index in [1.165, 1.54) is 0 Å². The van der Waals surface area contributed by atoms with Crippen LogP contribution in [0, 0.1) is 0 Å². The molecule has 0 radical (unpaired) electrons. The number of benzene rings is 1. The molecule has 19 heavy (non-hydrogen) atoms. The highest BCUT2D eigenvalue weighted by atomic mass is 16.4. The Bertz CT molecular complexity index is 477. The van der Waals surface area contributed by atoms with Crippen LogP contribution in [-0.2, 0) is 16.0 Å². The summed E-state index contributed by atoms with van der Waals surface area (Å²) in [6, 6.07) is 10.2. The highest BCUT2D eigenvalue weighted by Gasteiger charge is 2.02. The van der Waals surface area contributed by atoms with Crippen LogP contribution in [0.4, 0.5) is 11.7 Å². The number of hydrogen-bond acceptors (Lipinski definition) is 6. The fourth-order valence-electron chi connectivity index (χ4n) is 1.09. The topological polar surface area (TPSA) is 85.1 Å². The van der Waals surface area contributed by atoms with Crippen molar-refractivity contribution in [2.45, 2.75) is 27.2 Å². The van der Waals surface area contributed by atoms with E-state index in [0.717, 1.165) is 12.1 Å². The molecule has 0 unspecified atom stereocenters. The van der Waals surface area contributed by atoms with Gasteiger partial charge in [0.05, 0.1) is 0 Å². The number of nitrogens with one attached hydrogen (secondary N) is 1. The predicted octanol–water partition coefficient (Wildman–Crippen LogP) is 2.82. The van der Waals surface area contributed by atoms with Crippen molar-refractivity contribution < 1.29 is 14.0 Å². The first-order valence-corrected chi connectivity index (χ1v) is 5.94. The third-order valence-corrected chi connectivity index (χ3v) is 1.79. The molecule has 1 N–H and O–H groups in total. The van der Waals surface area contributed by atoms with E-state index in [2.05, 4.69) is 15.5 Å². The number of hydrogen-bond donors (Lipinski definition) is 1. The third-order valence-electron chi connectivity index (χ3n) is 1.79. The molecule has 102 valence electrons. The second kappa shape index (κ2) is 10.7. The summed E-state index contributed by atoms with van der Waals surface area (Å²) in [6.07, 6.45) is 1.00. The van der Waals surface area contributed by atoms with Crippen molar-refractivity contribution in [3.8, 4) is 0 Å². The van der Waals surface area contributed by atoms with Crippen LogP contribution in [0.5, 0.6) is 0 Å². The SMILES string of the molecule is CC.CCc1nnc(Nc2ccccc2)o1.O=C=O. The van der Waals surface area contributed by atoms with Gasteiger partial charge in [-0.15, -0.1) is 5.10 Å². The smallest absolute Gasteiger partial charge is 0.373 e. The van der Waals surface area contributed by atoms with Crippen molar-refractivity contribution in [1.29, 1.82) is 0 Å². The van der Waals surface area contributed by atoms with Crippen LogP contribution in [0.15, 0.2) is 34.7 Å². The number of rotatable bonds is 3. The minimum Gasteiger partial charge on any atom is -0.408 e. The van der Waals surface area contributed by atoms with Crippen molar-refractivity contribution in [1.82, 2.24) is 10.2 Å². The van der Waals surface area contributed by atoms with Crippen molar-refractivity contribution in [3.05, 3.63) is 36.2 Å². The molecule has 2 aromatic rings. The molecule has 0 saturated carbocycles. The van der Waals surface area contributed by atoms with Gasteiger partial charge in [0, 0.05) is 12.1 Å². The van der Waals surface area contributed by atoms with Gasteiger partial charge >= 0.3 is 12.2 Å². The molecule has 2 rings (SSSR count). The third kappa shape index (κ3) is 6.75. The molecule has 0 aliphatic rings. The van der Waals surface area contributed by atoms with Crippen LogP contribution < -0.4 is 5.32 Å². The van der Waals surface area contributed by atoms with Crippen LogP contribution in [-0.4, -0.2) is 16.3 Å². The van der Waals surface area contributed by atoms with Gasteiger partial charge in [-0.2, -0.15) is 9.59 Å². The number of carbonyl (C=O) groups excluding carboxylic acids is 2. The molecule has 1 heterocycles. The van der Waals surface area contributed by atoms with Gasteiger partial charge in [0.2, 0.25) is 5.89 Å². The molecule has 0 spiro atoms. The van der Waals surface area contributed by atoms with E-state index in [1.807, 2.05) is 51.1 Å². The van der Waals surface area contributed by atoms with Gasteiger partial charge in [0.15, 0.2) is 0 Å². The fourth-order valence-corrected chi connectivity index (χ4v) is 1.09. The normalized spacial score (nSPS) is 8.16. The maximum Gasteiger partial charge on any atom is 0.373 e. The van der Waals surface area contributed by atoms with Gasteiger partial charge in [0.1, 0.15) is 0 Å². The molecule has 0 saturated heterocycles. The Labute approximate surface area is 111 Å². The highest BCUT2D eigenvalue weighted by molar-refractivity contribution is 5.50. The summed E-state index contributed by atoms with van der Waals surface area (Å²) in [4.78, 5) is 16.2. The average Bonchev–Trinajstić information content (AvgIpc) is 2.91. The minimum absolute atomic E-state index is 0.250. The molecular weight excluding hydrogens is 246 g/mol. The lowest BCUT2D eigenvalue weighted by atomic mass is 10.3. The molecule has 1 aromatic heterocycles. The van der Waals surface area contributed by atoms with Crippen LogP contribution in [0.1, 0.15) is 26.7 Å². The largest absolute Gasteiger partial charge is 0.408 e. The molecule has 0 bridgehead atoms. The summed E-state index contributed by atoms with van der Waals surface area (Å²) in [5.41, 5.74) is 0.943. The zero-order valence-corrected chi connectivity index (χ0v) is 11.2. The molecule has 0 amide bonds. The number of para-hydroxylation sites is 1. The van der Waals surface area contributed by atoms with E-state index in [9.17, 15) is 0 Å². The molecule has 0 aliphatic heterocycles. The maximum atomic E-state index is 8.12. The second-order valence-corrected chi connectivity index (χ2v) is 2.93. The number of nitrogens with zero attached hydrogens (tertiary/aromatic N) is 2. The maximum absolute atomic E-state index is 8.12. The second-order valence-electron chi connectivity index (χ2n) is 2.93. The Hall–Kier alpha value is -2.46. The first-order valence-electron chi connectivity index (χ1n) is 5.94. The van der Waals surface area contributed by atoms with Crippen LogP contribution in [0.3, 0.4) is 0 Å². The molecule has 6 nitrogen and oxygen atoms in total. The Morgan fingerprint density at radius 2 is 1.74 bits per heavy atom.